The molecular weight excluding hydrogens is 376 g/mol. The molecule has 1 amide bonds. The summed E-state index contributed by atoms with van der Waals surface area (Å²) in [5.41, 5.74) is 1.57. The van der Waals surface area contributed by atoms with Gasteiger partial charge < -0.3 is 10.1 Å². The number of ether oxygens (including phenoxy) is 1. The Balaban J connectivity index is 1.58. The standard InChI is InChI=1S/C22H25ClN2O3/c1-16(19-9-5-6-10-20(19)23)24-22(27)14-25-11-12-28-15-18(25)13-21(26)17-7-3-2-4-8-17/h2-10,16,18H,11-15H2,1H3,(H,24,27)/t16-,18-/m1/s1. The minimum absolute atomic E-state index is 0.0611. The van der Waals surface area contributed by atoms with E-state index >= 15 is 0 Å². The number of amides is 1. The average Bonchev–Trinajstić information content (AvgIpc) is 2.70. The van der Waals surface area contributed by atoms with Crippen molar-refractivity contribution in [1.29, 1.82) is 0 Å². The molecule has 3 rings (SSSR count). The number of morpholine rings is 1. The van der Waals surface area contributed by atoms with Crippen molar-refractivity contribution < 1.29 is 14.3 Å². The van der Waals surface area contributed by atoms with E-state index in [-0.39, 0.29) is 30.3 Å². The summed E-state index contributed by atoms with van der Waals surface area (Å²) in [6.07, 6.45) is 0.331. The van der Waals surface area contributed by atoms with E-state index < -0.39 is 0 Å². The van der Waals surface area contributed by atoms with Crippen molar-refractivity contribution in [2.75, 3.05) is 26.3 Å². The van der Waals surface area contributed by atoms with Gasteiger partial charge in [0.1, 0.15) is 0 Å². The molecule has 6 heteroatoms. The third-order valence-electron chi connectivity index (χ3n) is 4.96. The highest BCUT2D eigenvalue weighted by atomic mass is 35.5. The number of carbonyl (C=O) groups excluding carboxylic acids is 2. The molecular formula is C22H25ClN2O3. The number of hydrogen-bond donors (Lipinski definition) is 1. The topological polar surface area (TPSA) is 58.6 Å². The molecule has 0 aromatic heterocycles. The van der Waals surface area contributed by atoms with E-state index in [4.69, 9.17) is 16.3 Å². The lowest BCUT2D eigenvalue weighted by atomic mass is 10.0. The van der Waals surface area contributed by atoms with Crippen LogP contribution in [0.25, 0.3) is 0 Å². The number of ketones is 1. The summed E-state index contributed by atoms with van der Waals surface area (Å²) in [4.78, 5) is 27.2. The van der Waals surface area contributed by atoms with E-state index in [1.54, 1.807) is 0 Å². The molecule has 0 saturated carbocycles. The van der Waals surface area contributed by atoms with Crippen LogP contribution in [0.2, 0.25) is 5.02 Å². The van der Waals surface area contributed by atoms with Crippen LogP contribution >= 0.6 is 11.6 Å². The molecule has 1 heterocycles. The Labute approximate surface area is 170 Å². The van der Waals surface area contributed by atoms with Crippen LogP contribution in [0.3, 0.4) is 0 Å². The first-order valence-corrected chi connectivity index (χ1v) is 9.86. The van der Waals surface area contributed by atoms with Crippen LogP contribution in [-0.2, 0) is 9.53 Å². The molecule has 0 unspecified atom stereocenters. The van der Waals surface area contributed by atoms with Gasteiger partial charge in [0.25, 0.3) is 0 Å². The zero-order chi connectivity index (χ0) is 19.9. The number of nitrogens with zero attached hydrogens (tertiary/aromatic N) is 1. The predicted molar refractivity (Wildman–Crippen MR) is 110 cm³/mol. The molecule has 0 spiro atoms. The van der Waals surface area contributed by atoms with Crippen molar-refractivity contribution in [3.63, 3.8) is 0 Å². The second kappa shape index (κ2) is 9.82. The van der Waals surface area contributed by atoms with E-state index in [9.17, 15) is 9.59 Å². The molecule has 2 atom stereocenters. The summed E-state index contributed by atoms with van der Waals surface area (Å²) in [7, 11) is 0. The Hall–Kier alpha value is -2.21. The lowest BCUT2D eigenvalue weighted by molar-refractivity contribution is -0.125. The molecule has 1 aliphatic heterocycles. The maximum absolute atomic E-state index is 12.6. The SMILES string of the molecule is C[C@@H](NC(=O)CN1CCOC[C@H]1CC(=O)c1ccccc1)c1ccccc1Cl. The summed E-state index contributed by atoms with van der Waals surface area (Å²) in [5.74, 6) is -0.0302. The average molecular weight is 401 g/mol. The zero-order valence-corrected chi connectivity index (χ0v) is 16.7. The fraction of sp³-hybridized carbons (Fsp3) is 0.364. The fourth-order valence-corrected chi connectivity index (χ4v) is 3.72. The molecule has 28 heavy (non-hydrogen) atoms. The van der Waals surface area contributed by atoms with Gasteiger partial charge in [-0.3, -0.25) is 14.5 Å². The summed E-state index contributed by atoms with van der Waals surface area (Å²) < 4.78 is 5.55. The van der Waals surface area contributed by atoms with E-state index in [0.29, 0.717) is 36.8 Å². The van der Waals surface area contributed by atoms with E-state index in [1.807, 2.05) is 66.4 Å². The number of Topliss-reactive ketones (excluding diaryl/α,β-unsaturated/α-hetero) is 1. The fourth-order valence-electron chi connectivity index (χ4n) is 3.42. The number of halogens is 1. The highest BCUT2D eigenvalue weighted by molar-refractivity contribution is 6.31. The number of carbonyl (C=O) groups is 2. The first-order valence-electron chi connectivity index (χ1n) is 9.48. The molecule has 1 saturated heterocycles. The van der Waals surface area contributed by atoms with Gasteiger partial charge in [-0.2, -0.15) is 0 Å². The van der Waals surface area contributed by atoms with Gasteiger partial charge in [-0.25, -0.2) is 0 Å². The Morgan fingerprint density at radius 3 is 2.64 bits per heavy atom. The molecule has 0 aliphatic carbocycles. The van der Waals surface area contributed by atoms with Crippen LogP contribution in [-0.4, -0.2) is 48.9 Å². The van der Waals surface area contributed by atoms with Crippen LogP contribution in [0, 0.1) is 0 Å². The van der Waals surface area contributed by atoms with Gasteiger partial charge in [0, 0.05) is 29.6 Å². The van der Waals surface area contributed by atoms with Crippen molar-refractivity contribution in [1.82, 2.24) is 10.2 Å². The predicted octanol–water partition coefficient (Wildman–Crippen LogP) is 3.49. The molecule has 1 aliphatic rings. The largest absolute Gasteiger partial charge is 0.378 e. The van der Waals surface area contributed by atoms with Gasteiger partial charge in [-0.1, -0.05) is 60.1 Å². The Bertz CT molecular complexity index is 812. The second-order valence-electron chi connectivity index (χ2n) is 7.00. The lowest BCUT2D eigenvalue weighted by Crippen LogP contribution is -2.50. The van der Waals surface area contributed by atoms with Crippen molar-refractivity contribution >= 4 is 23.3 Å². The van der Waals surface area contributed by atoms with Gasteiger partial charge >= 0.3 is 0 Å². The highest BCUT2D eigenvalue weighted by Gasteiger charge is 2.27. The van der Waals surface area contributed by atoms with E-state index in [1.165, 1.54) is 0 Å². The number of nitrogens with one attached hydrogen (secondary N) is 1. The number of hydrogen-bond acceptors (Lipinski definition) is 4. The highest BCUT2D eigenvalue weighted by Crippen LogP contribution is 2.22. The summed E-state index contributed by atoms with van der Waals surface area (Å²) in [6.45, 7) is 3.77. The monoisotopic (exact) mass is 400 g/mol. The van der Waals surface area contributed by atoms with Gasteiger partial charge in [0.05, 0.1) is 25.8 Å². The van der Waals surface area contributed by atoms with Gasteiger partial charge in [0.15, 0.2) is 5.78 Å². The van der Waals surface area contributed by atoms with Crippen molar-refractivity contribution in [2.45, 2.75) is 25.4 Å². The number of rotatable bonds is 7. The first kappa shape index (κ1) is 20.5. The molecule has 1 fully saturated rings. The third kappa shape index (κ3) is 5.41. The molecule has 148 valence electrons. The van der Waals surface area contributed by atoms with Crippen LogP contribution in [0.1, 0.15) is 35.3 Å². The Morgan fingerprint density at radius 2 is 1.89 bits per heavy atom. The molecule has 2 aromatic carbocycles. The number of benzene rings is 2. The summed E-state index contributed by atoms with van der Waals surface area (Å²) >= 11 is 6.22. The quantitative estimate of drug-likeness (QED) is 0.723. The smallest absolute Gasteiger partial charge is 0.234 e. The van der Waals surface area contributed by atoms with Gasteiger partial charge in [-0.05, 0) is 18.6 Å². The van der Waals surface area contributed by atoms with E-state index in [2.05, 4.69) is 5.32 Å². The van der Waals surface area contributed by atoms with Crippen LogP contribution in [0.5, 0.6) is 0 Å². The van der Waals surface area contributed by atoms with Gasteiger partial charge in [0.2, 0.25) is 5.91 Å². The molecule has 2 aromatic rings. The Kier molecular flexibility index (Phi) is 7.20. The van der Waals surface area contributed by atoms with Crippen LogP contribution in [0.15, 0.2) is 54.6 Å². The first-order chi connectivity index (χ1) is 13.5. The van der Waals surface area contributed by atoms with Crippen LogP contribution in [0.4, 0.5) is 0 Å². The summed E-state index contributed by atoms with van der Waals surface area (Å²) in [5, 5.41) is 3.63. The minimum atomic E-state index is -0.188. The molecule has 0 radical (unpaired) electrons. The third-order valence-corrected chi connectivity index (χ3v) is 5.31. The van der Waals surface area contributed by atoms with Crippen LogP contribution < -0.4 is 5.32 Å². The lowest BCUT2D eigenvalue weighted by Gasteiger charge is -2.35. The van der Waals surface area contributed by atoms with Crippen molar-refractivity contribution in [3.05, 3.63) is 70.7 Å². The van der Waals surface area contributed by atoms with E-state index in [0.717, 1.165) is 5.56 Å². The van der Waals surface area contributed by atoms with Gasteiger partial charge in [-0.15, -0.1) is 0 Å². The Morgan fingerprint density at radius 1 is 1.18 bits per heavy atom. The molecule has 1 N–H and O–H groups in total. The zero-order valence-electron chi connectivity index (χ0n) is 15.9. The molecule has 5 nitrogen and oxygen atoms in total. The van der Waals surface area contributed by atoms with Crippen molar-refractivity contribution in [2.24, 2.45) is 0 Å². The summed E-state index contributed by atoms with van der Waals surface area (Å²) in [6, 6.07) is 16.4. The minimum Gasteiger partial charge on any atom is -0.378 e. The molecule has 0 bridgehead atoms. The maximum atomic E-state index is 12.6. The normalized spacial score (nSPS) is 18.4. The van der Waals surface area contributed by atoms with Crippen molar-refractivity contribution in [3.8, 4) is 0 Å². The maximum Gasteiger partial charge on any atom is 0.234 e. The second-order valence-corrected chi connectivity index (χ2v) is 7.41.